The second-order valence-corrected chi connectivity index (χ2v) is 3.93. The standard InChI is InChI=1S/C12H25NO/c1-3-4-5-6-7-8-9-12(2)10-11-13-14/h10,13-14H,3-9,11H2,1-2H3/b12-10+. The van der Waals surface area contributed by atoms with E-state index >= 15 is 0 Å². The molecule has 2 N–H and O–H groups in total. The van der Waals surface area contributed by atoms with Crippen molar-refractivity contribution in [3.8, 4) is 0 Å². The number of nitrogens with one attached hydrogen (secondary N) is 1. The Labute approximate surface area is 88.4 Å². The molecule has 84 valence electrons. The largest absolute Gasteiger partial charge is 0.317 e. The van der Waals surface area contributed by atoms with Gasteiger partial charge in [-0.05, 0) is 19.8 Å². The molecule has 0 unspecified atom stereocenters. The highest BCUT2D eigenvalue weighted by atomic mass is 16.5. The fourth-order valence-electron chi connectivity index (χ4n) is 1.51. The van der Waals surface area contributed by atoms with Gasteiger partial charge in [-0.2, -0.15) is 0 Å². The Balaban J connectivity index is 3.18. The van der Waals surface area contributed by atoms with E-state index in [9.17, 15) is 0 Å². The zero-order valence-electron chi connectivity index (χ0n) is 9.68. The Morgan fingerprint density at radius 2 is 1.79 bits per heavy atom. The van der Waals surface area contributed by atoms with Crippen LogP contribution >= 0.6 is 0 Å². The first-order chi connectivity index (χ1) is 6.81. The molecule has 0 spiro atoms. The van der Waals surface area contributed by atoms with Gasteiger partial charge in [0.25, 0.3) is 0 Å². The second-order valence-electron chi connectivity index (χ2n) is 3.93. The summed E-state index contributed by atoms with van der Waals surface area (Å²) in [5, 5.41) is 8.39. The molecule has 2 nitrogen and oxygen atoms in total. The van der Waals surface area contributed by atoms with Crippen molar-refractivity contribution in [3.05, 3.63) is 11.6 Å². The smallest absolute Gasteiger partial charge is 0.0390 e. The third kappa shape index (κ3) is 9.75. The average molecular weight is 199 g/mol. The van der Waals surface area contributed by atoms with Gasteiger partial charge in [-0.25, -0.2) is 5.48 Å². The summed E-state index contributed by atoms with van der Waals surface area (Å²) in [5.74, 6) is 0. The predicted octanol–water partition coefficient (Wildman–Crippen LogP) is 3.66. The van der Waals surface area contributed by atoms with Crippen molar-refractivity contribution >= 4 is 0 Å². The molecule has 0 atom stereocenters. The summed E-state index contributed by atoms with van der Waals surface area (Å²) in [6, 6.07) is 0. The van der Waals surface area contributed by atoms with Gasteiger partial charge in [0, 0.05) is 6.54 Å². The summed E-state index contributed by atoms with van der Waals surface area (Å²) in [5.41, 5.74) is 3.52. The van der Waals surface area contributed by atoms with E-state index in [0.29, 0.717) is 6.54 Å². The van der Waals surface area contributed by atoms with Gasteiger partial charge in [-0.15, -0.1) is 0 Å². The van der Waals surface area contributed by atoms with Crippen LogP contribution in [0.25, 0.3) is 0 Å². The van der Waals surface area contributed by atoms with Crippen LogP contribution in [0.2, 0.25) is 0 Å². The van der Waals surface area contributed by atoms with E-state index in [0.717, 1.165) is 0 Å². The molecule has 0 aromatic heterocycles. The van der Waals surface area contributed by atoms with E-state index in [1.807, 2.05) is 6.08 Å². The van der Waals surface area contributed by atoms with Gasteiger partial charge in [0.2, 0.25) is 0 Å². The summed E-state index contributed by atoms with van der Waals surface area (Å²) in [4.78, 5) is 0. The molecule has 0 radical (unpaired) electrons. The summed E-state index contributed by atoms with van der Waals surface area (Å²) in [7, 11) is 0. The van der Waals surface area contributed by atoms with Crippen LogP contribution in [0.15, 0.2) is 11.6 Å². The number of hydroxylamine groups is 1. The van der Waals surface area contributed by atoms with Crippen LogP contribution in [0.5, 0.6) is 0 Å². The number of rotatable bonds is 9. The fraction of sp³-hybridized carbons (Fsp3) is 0.833. The minimum atomic E-state index is 0.571. The van der Waals surface area contributed by atoms with Crippen LogP contribution in [-0.4, -0.2) is 11.8 Å². The zero-order valence-corrected chi connectivity index (χ0v) is 9.68. The molecular weight excluding hydrogens is 174 g/mol. The van der Waals surface area contributed by atoms with Crippen molar-refractivity contribution in [2.24, 2.45) is 0 Å². The minimum absolute atomic E-state index is 0.571. The average Bonchev–Trinajstić information content (AvgIpc) is 2.20. The molecule has 0 aromatic carbocycles. The van der Waals surface area contributed by atoms with Gasteiger partial charge in [0.15, 0.2) is 0 Å². The van der Waals surface area contributed by atoms with E-state index in [1.165, 1.54) is 50.5 Å². The third-order valence-electron chi connectivity index (χ3n) is 2.47. The van der Waals surface area contributed by atoms with Crippen molar-refractivity contribution in [2.45, 2.75) is 58.8 Å². The molecule has 0 fully saturated rings. The Morgan fingerprint density at radius 3 is 2.43 bits per heavy atom. The van der Waals surface area contributed by atoms with Gasteiger partial charge >= 0.3 is 0 Å². The summed E-state index contributed by atoms with van der Waals surface area (Å²) < 4.78 is 0. The Bertz CT molecular complexity index is 143. The second kappa shape index (κ2) is 10.7. The number of allylic oxidation sites excluding steroid dienone is 1. The monoisotopic (exact) mass is 199 g/mol. The van der Waals surface area contributed by atoms with E-state index in [4.69, 9.17) is 5.21 Å². The lowest BCUT2D eigenvalue weighted by molar-refractivity contribution is 0.179. The minimum Gasteiger partial charge on any atom is -0.317 e. The lowest BCUT2D eigenvalue weighted by Gasteiger charge is -2.01. The van der Waals surface area contributed by atoms with Crippen molar-refractivity contribution < 1.29 is 5.21 Å². The molecule has 0 aromatic rings. The van der Waals surface area contributed by atoms with Crippen LogP contribution in [0.1, 0.15) is 58.8 Å². The first kappa shape index (κ1) is 13.7. The van der Waals surface area contributed by atoms with Crippen molar-refractivity contribution in [1.29, 1.82) is 0 Å². The molecule has 14 heavy (non-hydrogen) atoms. The van der Waals surface area contributed by atoms with Gasteiger partial charge in [0.1, 0.15) is 0 Å². The maximum Gasteiger partial charge on any atom is 0.0390 e. The van der Waals surface area contributed by atoms with E-state index < -0.39 is 0 Å². The topological polar surface area (TPSA) is 32.3 Å². The summed E-state index contributed by atoms with van der Waals surface area (Å²) >= 11 is 0. The highest BCUT2D eigenvalue weighted by molar-refractivity contribution is 4.98. The van der Waals surface area contributed by atoms with Crippen LogP contribution in [0.3, 0.4) is 0 Å². The molecule has 0 saturated heterocycles. The Hall–Kier alpha value is -0.340. The highest BCUT2D eigenvalue weighted by Gasteiger charge is 1.92. The van der Waals surface area contributed by atoms with Crippen LogP contribution in [-0.2, 0) is 0 Å². The normalized spacial score (nSPS) is 12.1. The molecule has 0 bridgehead atoms. The number of hydrogen-bond donors (Lipinski definition) is 2. The van der Waals surface area contributed by atoms with Crippen molar-refractivity contribution in [1.82, 2.24) is 5.48 Å². The SMILES string of the molecule is CCCCCCCC/C(C)=C/CNO. The van der Waals surface area contributed by atoms with E-state index in [2.05, 4.69) is 19.3 Å². The van der Waals surface area contributed by atoms with Crippen molar-refractivity contribution in [3.63, 3.8) is 0 Å². The molecule has 2 heteroatoms. The number of hydrogen-bond acceptors (Lipinski definition) is 2. The molecule has 0 saturated carbocycles. The molecule has 0 aliphatic heterocycles. The fourth-order valence-corrected chi connectivity index (χ4v) is 1.51. The Kier molecular flexibility index (Phi) is 10.5. The molecule has 0 amide bonds. The van der Waals surface area contributed by atoms with Gasteiger partial charge < -0.3 is 5.21 Å². The molecule has 0 heterocycles. The number of unbranched alkanes of at least 4 members (excludes halogenated alkanes) is 5. The van der Waals surface area contributed by atoms with Crippen LogP contribution in [0, 0.1) is 0 Å². The first-order valence-corrected chi connectivity index (χ1v) is 5.83. The molecular formula is C12H25NO. The van der Waals surface area contributed by atoms with Gasteiger partial charge in [0.05, 0.1) is 0 Å². The van der Waals surface area contributed by atoms with Crippen molar-refractivity contribution in [2.75, 3.05) is 6.54 Å². The maximum atomic E-state index is 8.39. The third-order valence-corrected chi connectivity index (χ3v) is 2.47. The first-order valence-electron chi connectivity index (χ1n) is 5.83. The summed E-state index contributed by atoms with van der Waals surface area (Å²) in [6.07, 6.45) is 11.3. The van der Waals surface area contributed by atoms with E-state index in [1.54, 1.807) is 0 Å². The van der Waals surface area contributed by atoms with Crippen LogP contribution < -0.4 is 5.48 Å². The maximum absolute atomic E-state index is 8.39. The zero-order chi connectivity index (χ0) is 10.6. The van der Waals surface area contributed by atoms with Crippen LogP contribution in [0.4, 0.5) is 0 Å². The predicted molar refractivity (Wildman–Crippen MR) is 61.5 cm³/mol. The quantitative estimate of drug-likeness (QED) is 0.337. The van der Waals surface area contributed by atoms with Gasteiger partial charge in [-0.1, -0.05) is 50.7 Å². The van der Waals surface area contributed by atoms with E-state index in [-0.39, 0.29) is 0 Å². The molecule has 0 rings (SSSR count). The molecule has 0 aliphatic rings. The highest BCUT2D eigenvalue weighted by Crippen LogP contribution is 2.10. The molecule has 0 aliphatic carbocycles. The van der Waals surface area contributed by atoms with Gasteiger partial charge in [-0.3, -0.25) is 0 Å². The lowest BCUT2D eigenvalue weighted by Crippen LogP contribution is -2.05. The Morgan fingerprint density at radius 1 is 1.14 bits per heavy atom. The lowest BCUT2D eigenvalue weighted by atomic mass is 10.1. The summed E-state index contributed by atoms with van der Waals surface area (Å²) in [6.45, 7) is 4.94.